The standard InChI is InChI=1S/C14H20N4O2/c1-4-11-10(8-9(3)16-17-11)14(20)18-7-6-15-13(19)12(18)5-2/h8,12H,4-7H2,1-3H3,(H,15,19). The number of rotatable bonds is 3. The number of carbonyl (C=O) groups is 2. The van der Waals surface area contributed by atoms with Crippen LogP contribution in [0, 0.1) is 6.92 Å². The predicted octanol–water partition coefficient (Wildman–Crippen LogP) is 0.698. The van der Waals surface area contributed by atoms with E-state index in [9.17, 15) is 9.59 Å². The van der Waals surface area contributed by atoms with E-state index in [-0.39, 0.29) is 11.8 Å². The second-order valence-corrected chi connectivity index (χ2v) is 4.91. The number of nitrogens with one attached hydrogen (secondary N) is 1. The summed E-state index contributed by atoms with van der Waals surface area (Å²) in [6.07, 6.45) is 1.25. The molecule has 1 atom stereocenters. The molecule has 1 N–H and O–H groups in total. The molecule has 2 amide bonds. The minimum Gasteiger partial charge on any atom is -0.353 e. The van der Waals surface area contributed by atoms with Gasteiger partial charge in [-0.3, -0.25) is 9.59 Å². The number of aromatic nitrogens is 2. The Hall–Kier alpha value is -1.98. The fourth-order valence-corrected chi connectivity index (χ4v) is 2.48. The van der Waals surface area contributed by atoms with E-state index in [0.29, 0.717) is 42.9 Å². The summed E-state index contributed by atoms with van der Waals surface area (Å²) >= 11 is 0. The minimum atomic E-state index is -0.394. The van der Waals surface area contributed by atoms with Crippen LogP contribution in [0.5, 0.6) is 0 Å². The molecule has 108 valence electrons. The van der Waals surface area contributed by atoms with E-state index in [1.807, 2.05) is 20.8 Å². The van der Waals surface area contributed by atoms with Gasteiger partial charge in [0.15, 0.2) is 0 Å². The lowest BCUT2D eigenvalue weighted by molar-refractivity contribution is -0.127. The molecule has 6 heteroatoms. The van der Waals surface area contributed by atoms with Crippen LogP contribution in [0.15, 0.2) is 6.07 Å². The van der Waals surface area contributed by atoms with Crippen molar-refractivity contribution in [1.82, 2.24) is 20.4 Å². The summed E-state index contributed by atoms with van der Waals surface area (Å²) in [6, 6.07) is 1.36. The molecule has 20 heavy (non-hydrogen) atoms. The highest BCUT2D eigenvalue weighted by Crippen LogP contribution is 2.16. The lowest BCUT2D eigenvalue weighted by atomic mass is 10.1. The minimum absolute atomic E-state index is 0.0797. The van der Waals surface area contributed by atoms with Gasteiger partial charge in [-0.25, -0.2) is 0 Å². The molecule has 1 aliphatic heterocycles. The Kier molecular flexibility index (Phi) is 4.32. The maximum atomic E-state index is 12.7. The maximum absolute atomic E-state index is 12.7. The van der Waals surface area contributed by atoms with Crippen molar-refractivity contribution in [2.75, 3.05) is 13.1 Å². The zero-order valence-electron chi connectivity index (χ0n) is 12.1. The van der Waals surface area contributed by atoms with Crippen molar-refractivity contribution in [3.63, 3.8) is 0 Å². The van der Waals surface area contributed by atoms with Gasteiger partial charge in [-0.15, -0.1) is 0 Å². The van der Waals surface area contributed by atoms with Gasteiger partial charge in [0.1, 0.15) is 6.04 Å². The molecule has 0 aliphatic carbocycles. The van der Waals surface area contributed by atoms with E-state index in [1.54, 1.807) is 11.0 Å². The summed E-state index contributed by atoms with van der Waals surface area (Å²) in [6.45, 7) is 6.69. The first-order chi connectivity index (χ1) is 9.58. The SMILES string of the molecule is CCc1nnc(C)cc1C(=O)N1CCNC(=O)C1CC. The number of hydrogen-bond donors (Lipinski definition) is 1. The van der Waals surface area contributed by atoms with Crippen LogP contribution >= 0.6 is 0 Å². The van der Waals surface area contributed by atoms with Gasteiger partial charge in [0, 0.05) is 13.1 Å². The van der Waals surface area contributed by atoms with Crippen molar-refractivity contribution in [1.29, 1.82) is 0 Å². The Morgan fingerprint density at radius 1 is 1.45 bits per heavy atom. The molecule has 0 radical (unpaired) electrons. The van der Waals surface area contributed by atoms with Gasteiger partial charge in [0.2, 0.25) is 5.91 Å². The third-order valence-electron chi connectivity index (χ3n) is 3.54. The average molecular weight is 276 g/mol. The first-order valence-corrected chi connectivity index (χ1v) is 7.00. The van der Waals surface area contributed by atoms with Crippen LogP contribution in [0.1, 0.15) is 42.0 Å². The lowest BCUT2D eigenvalue weighted by Crippen LogP contribution is -2.57. The highest BCUT2D eigenvalue weighted by molar-refractivity contribution is 5.99. The van der Waals surface area contributed by atoms with Gasteiger partial charge in [0.05, 0.1) is 17.0 Å². The fraction of sp³-hybridized carbons (Fsp3) is 0.571. The zero-order chi connectivity index (χ0) is 14.7. The molecule has 1 fully saturated rings. The van der Waals surface area contributed by atoms with Crippen LogP contribution in [-0.4, -0.2) is 46.0 Å². The zero-order valence-corrected chi connectivity index (χ0v) is 12.1. The number of carbonyl (C=O) groups excluding carboxylic acids is 2. The van der Waals surface area contributed by atoms with E-state index in [0.717, 1.165) is 0 Å². The number of nitrogens with zero attached hydrogens (tertiary/aromatic N) is 3. The number of piperazine rings is 1. The molecule has 2 heterocycles. The van der Waals surface area contributed by atoms with Crippen molar-refractivity contribution in [2.45, 2.75) is 39.7 Å². The first kappa shape index (κ1) is 14.4. The Morgan fingerprint density at radius 3 is 2.85 bits per heavy atom. The monoisotopic (exact) mass is 276 g/mol. The third kappa shape index (κ3) is 2.64. The summed E-state index contributed by atoms with van der Waals surface area (Å²) in [7, 11) is 0. The topological polar surface area (TPSA) is 75.2 Å². The molecule has 1 aromatic rings. The van der Waals surface area contributed by atoms with Crippen LogP contribution in [0.25, 0.3) is 0 Å². The summed E-state index contributed by atoms with van der Waals surface area (Å²) in [4.78, 5) is 26.2. The van der Waals surface area contributed by atoms with E-state index < -0.39 is 6.04 Å². The summed E-state index contributed by atoms with van der Waals surface area (Å²) in [5.41, 5.74) is 1.95. The fourth-order valence-electron chi connectivity index (χ4n) is 2.48. The van der Waals surface area contributed by atoms with Gasteiger partial charge in [-0.1, -0.05) is 13.8 Å². The van der Waals surface area contributed by atoms with Crippen LogP contribution in [0.3, 0.4) is 0 Å². The molecule has 1 aromatic heterocycles. The Bertz CT molecular complexity index is 530. The Balaban J connectivity index is 2.34. The lowest BCUT2D eigenvalue weighted by Gasteiger charge is -2.34. The van der Waals surface area contributed by atoms with E-state index in [2.05, 4.69) is 15.5 Å². The summed E-state index contributed by atoms with van der Waals surface area (Å²) < 4.78 is 0. The average Bonchev–Trinajstić information content (AvgIpc) is 2.46. The summed E-state index contributed by atoms with van der Waals surface area (Å²) in [5, 5.41) is 10.9. The second-order valence-electron chi connectivity index (χ2n) is 4.91. The second kappa shape index (κ2) is 5.98. The van der Waals surface area contributed by atoms with Crippen LogP contribution in [0.2, 0.25) is 0 Å². The highest BCUT2D eigenvalue weighted by Gasteiger charge is 2.33. The van der Waals surface area contributed by atoms with Crippen LogP contribution in [0.4, 0.5) is 0 Å². The van der Waals surface area contributed by atoms with E-state index in [1.165, 1.54) is 0 Å². The Morgan fingerprint density at radius 2 is 2.20 bits per heavy atom. The molecule has 2 rings (SSSR count). The number of aryl methyl sites for hydroxylation is 2. The van der Waals surface area contributed by atoms with Gasteiger partial charge in [-0.2, -0.15) is 10.2 Å². The largest absolute Gasteiger partial charge is 0.353 e. The molecular formula is C14H20N4O2. The first-order valence-electron chi connectivity index (χ1n) is 7.00. The van der Waals surface area contributed by atoms with Crippen molar-refractivity contribution in [2.24, 2.45) is 0 Å². The Labute approximate surface area is 118 Å². The van der Waals surface area contributed by atoms with E-state index in [4.69, 9.17) is 0 Å². The van der Waals surface area contributed by atoms with Crippen molar-refractivity contribution >= 4 is 11.8 Å². The van der Waals surface area contributed by atoms with Gasteiger partial charge >= 0.3 is 0 Å². The predicted molar refractivity (Wildman–Crippen MR) is 74.3 cm³/mol. The van der Waals surface area contributed by atoms with Crippen LogP contribution < -0.4 is 5.32 Å². The third-order valence-corrected chi connectivity index (χ3v) is 3.54. The van der Waals surface area contributed by atoms with Gasteiger partial charge in [-0.05, 0) is 25.8 Å². The van der Waals surface area contributed by atoms with Gasteiger partial charge < -0.3 is 10.2 Å². The van der Waals surface area contributed by atoms with Crippen molar-refractivity contribution in [3.05, 3.63) is 23.0 Å². The smallest absolute Gasteiger partial charge is 0.256 e. The number of amides is 2. The number of hydrogen-bond acceptors (Lipinski definition) is 4. The van der Waals surface area contributed by atoms with Crippen molar-refractivity contribution < 1.29 is 9.59 Å². The molecule has 1 unspecified atom stereocenters. The molecular weight excluding hydrogens is 256 g/mol. The summed E-state index contributed by atoms with van der Waals surface area (Å²) in [5.74, 6) is -0.203. The van der Waals surface area contributed by atoms with Crippen LogP contribution in [-0.2, 0) is 11.2 Å². The molecule has 0 bridgehead atoms. The molecule has 0 spiro atoms. The highest BCUT2D eigenvalue weighted by atomic mass is 16.2. The molecule has 6 nitrogen and oxygen atoms in total. The van der Waals surface area contributed by atoms with Crippen molar-refractivity contribution in [3.8, 4) is 0 Å². The molecule has 1 aliphatic rings. The van der Waals surface area contributed by atoms with E-state index >= 15 is 0 Å². The molecule has 0 aromatic carbocycles. The van der Waals surface area contributed by atoms with Gasteiger partial charge in [0.25, 0.3) is 5.91 Å². The maximum Gasteiger partial charge on any atom is 0.256 e. The molecule has 0 saturated carbocycles. The normalized spacial score (nSPS) is 18.9. The molecule has 1 saturated heterocycles. The quantitative estimate of drug-likeness (QED) is 0.881.